The van der Waals surface area contributed by atoms with Gasteiger partial charge in [0.2, 0.25) is 5.82 Å². The molecule has 0 heterocycles. The molecule has 40 heavy (non-hydrogen) atoms. The van der Waals surface area contributed by atoms with Crippen molar-refractivity contribution in [3.8, 4) is 22.6 Å². The topological polar surface area (TPSA) is 18.5 Å². The number of ether oxygens (including phenoxy) is 2. The highest BCUT2D eigenvalue weighted by Crippen LogP contribution is 2.40. The second-order valence-corrected chi connectivity index (χ2v) is 10.5. The fourth-order valence-electron chi connectivity index (χ4n) is 5.14. The first kappa shape index (κ1) is 29.7. The molecule has 0 aliphatic heterocycles. The fourth-order valence-corrected chi connectivity index (χ4v) is 5.14. The first-order valence-corrected chi connectivity index (χ1v) is 14.4. The summed E-state index contributed by atoms with van der Waals surface area (Å²) in [6, 6.07) is 13.4. The molecule has 3 aromatic carbocycles. The van der Waals surface area contributed by atoms with E-state index in [-0.39, 0.29) is 28.7 Å². The van der Waals surface area contributed by atoms with E-state index in [1.165, 1.54) is 12.1 Å². The van der Waals surface area contributed by atoms with Crippen molar-refractivity contribution in [2.75, 3.05) is 13.2 Å². The number of hydrogen-bond acceptors (Lipinski definition) is 2. The standard InChI is InChI=1S/C34H38F4O2/c1-3-5-21-39-27-16-13-25(14-17-27)29-19-18-28(32(36)33(29)37)24-10-7-23(8-11-24)9-12-26-15-20-30(34(38)31(26)35)40-22-6-4-2/h9,12-20,23-24H,3-8,10-11,21-22H2,1-2H3/b12-9+. The third-order valence-corrected chi connectivity index (χ3v) is 7.64. The Balaban J connectivity index is 1.36. The van der Waals surface area contributed by atoms with Crippen LogP contribution < -0.4 is 9.47 Å². The van der Waals surface area contributed by atoms with Crippen molar-refractivity contribution in [1.29, 1.82) is 0 Å². The largest absolute Gasteiger partial charge is 0.494 e. The molecule has 1 fully saturated rings. The summed E-state index contributed by atoms with van der Waals surface area (Å²) in [4.78, 5) is 0. The number of benzene rings is 3. The molecule has 214 valence electrons. The van der Waals surface area contributed by atoms with E-state index in [4.69, 9.17) is 9.47 Å². The van der Waals surface area contributed by atoms with E-state index in [1.54, 1.807) is 42.5 Å². The molecule has 0 radical (unpaired) electrons. The van der Waals surface area contributed by atoms with Crippen LogP contribution in [0.5, 0.6) is 11.5 Å². The van der Waals surface area contributed by atoms with Gasteiger partial charge in [-0.1, -0.05) is 63.1 Å². The SMILES string of the molecule is CCCCOc1ccc(-c2ccc(C3CCC(/C=C/c4ccc(OCCCC)c(F)c4F)CC3)c(F)c2F)cc1. The second kappa shape index (κ2) is 14.4. The highest BCUT2D eigenvalue weighted by molar-refractivity contribution is 5.65. The van der Waals surface area contributed by atoms with Crippen LogP contribution in [0.1, 0.15) is 82.3 Å². The molecule has 0 aromatic heterocycles. The van der Waals surface area contributed by atoms with E-state index in [1.807, 2.05) is 13.0 Å². The van der Waals surface area contributed by atoms with Crippen LogP contribution >= 0.6 is 0 Å². The summed E-state index contributed by atoms with van der Waals surface area (Å²) in [5.41, 5.74) is 1.40. The normalized spacial score (nSPS) is 17.4. The fraction of sp³-hybridized carbons (Fsp3) is 0.412. The Morgan fingerprint density at radius 1 is 0.700 bits per heavy atom. The van der Waals surface area contributed by atoms with Crippen molar-refractivity contribution in [2.45, 2.75) is 71.1 Å². The van der Waals surface area contributed by atoms with Gasteiger partial charge in [0.05, 0.1) is 13.2 Å². The van der Waals surface area contributed by atoms with Crippen LogP contribution in [0.4, 0.5) is 17.6 Å². The van der Waals surface area contributed by atoms with Gasteiger partial charge in [0.1, 0.15) is 5.75 Å². The van der Waals surface area contributed by atoms with Gasteiger partial charge in [-0.25, -0.2) is 13.2 Å². The summed E-state index contributed by atoms with van der Waals surface area (Å²) >= 11 is 0. The second-order valence-electron chi connectivity index (χ2n) is 10.5. The lowest BCUT2D eigenvalue weighted by Gasteiger charge is -2.27. The minimum absolute atomic E-state index is 0.0719. The van der Waals surface area contributed by atoms with Crippen molar-refractivity contribution in [1.82, 2.24) is 0 Å². The molecular weight excluding hydrogens is 516 g/mol. The smallest absolute Gasteiger partial charge is 0.201 e. The average molecular weight is 555 g/mol. The van der Waals surface area contributed by atoms with E-state index in [0.29, 0.717) is 42.9 Å². The molecule has 3 aromatic rings. The Labute approximate surface area is 235 Å². The molecule has 0 N–H and O–H groups in total. The maximum atomic E-state index is 15.2. The highest BCUT2D eigenvalue weighted by Gasteiger charge is 2.26. The lowest BCUT2D eigenvalue weighted by atomic mass is 9.78. The summed E-state index contributed by atoms with van der Waals surface area (Å²) in [5.74, 6) is -2.81. The number of halogens is 4. The van der Waals surface area contributed by atoms with Crippen molar-refractivity contribution in [2.24, 2.45) is 5.92 Å². The minimum Gasteiger partial charge on any atom is -0.494 e. The summed E-state index contributed by atoms with van der Waals surface area (Å²) in [6.07, 6.45) is 10.1. The van der Waals surface area contributed by atoms with E-state index in [9.17, 15) is 8.78 Å². The number of rotatable bonds is 12. The predicted molar refractivity (Wildman–Crippen MR) is 153 cm³/mol. The predicted octanol–water partition coefficient (Wildman–Crippen LogP) is 10.3. The zero-order valence-electron chi connectivity index (χ0n) is 23.3. The minimum atomic E-state index is -0.973. The van der Waals surface area contributed by atoms with Crippen LogP contribution in [0.15, 0.2) is 54.6 Å². The summed E-state index contributed by atoms with van der Waals surface area (Å²) in [5, 5.41) is 0. The van der Waals surface area contributed by atoms with Crippen LogP contribution in [0.3, 0.4) is 0 Å². The average Bonchev–Trinajstić information content (AvgIpc) is 2.97. The number of hydrogen-bond donors (Lipinski definition) is 0. The maximum absolute atomic E-state index is 15.2. The molecule has 0 saturated heterocycles. The van der Waals surface area contributed by atoms with Crippen LogP contribution in [-0.4, -0.2) is 13.2 Å². The summed E-state index contributed by atoms with van der Waals surface area (Å²) in [6.45, 7) is 5.06. The molecule has 1 aliphatic rings. The summed E-state index contributed by atoms with van der Waals surface area (Å²) in [7, 11) is 0. The van der Waals surface area contributed by atoms with Crippen molar-refractivity contribution in [3.05, 3.63) is 89.0 Å². The zero-order valence-corrected chi connectivity index (χ0v) is 23.3. The molecular formula is C34H38F4O2. The van der Waals surface area contributed by atoms with E-state index >= 15 is 8.78 Å². The Bertz CT molecular complexity index is 1280. The van der Waals surface area contributed by atoms with E-state index in [0.717, 1.165) is 38.5 Å². The lowest BCUT2D eigenvalue weighted by molar-refractivity contribution is 0.288. The molecule has 6 heteroatoms. The zero-order chi connectivity index (χ0) is 28.5. The van der Waals surface area contributed by atoms with Gasteiger partial charge >= 0.3 is 0 Å². The van der Waals surface area contributed by atoms with Gasteiger partial charge in [0.25, 0.3) is 0 Å². The third-order valence-electron chi connectivity index (χ3n) is 7.64. The molecule has 0 atom stereocenters. The molecule has 1 aliphatic carbocycles. The molecule has 2 nitrogen and oxygen atoms in total. The number of unbranched alkanes of at least 4 members (excludes halogenated alkanes) is 2. The monoisotopic (exact) mass is 554 g/mol. The van der Waals surface area contributed by atoms with Gasteiger partial charge in [-0.15, -0.1) is 0 Å². The first-order valence-electron chi connectivity index (χ1n) is 14.4. The first-order chi connectivity index (χ1) is 19.4. The molecule has 1 saturated carbocycles. The van der Waals surface area contributed by atoms with E-state index in [2.05, 4.69) is 6.92 Å². The molecule has 4 rings (SSSR count). The third kappa shape index (κ3) is 7.26. The lowest BCUT2D eigenvalue weighted by Crippen LogP contribution is -2.13. The Kier molecular flexibility index (Phi) is 10.7. The molecule has 0 bridgehead atoms. The van der Waals surface area contributed by atoms with Gasteiger partial charge < -0.3 is 9.47 Å². The van der Waals surface area contributed by atoms with Crippen molar-refractivity contribution < 1.29 is 27.0 Å². The maximum Gasteiger partial charge on any atom is 0.201 e. The van der Waals surface area contributed by atoms with Crippen LogP contribution in [-0.2, 0) is 0 Å². The van der Waals surface area contributed by atoms with Gasteiger partial charge in [0, 0.05) is 11.1 Å². The van der Waals surface area contributed by atoms with Crippen LogP contribution in [0.2, 0.25) is 0 Å². The summed E-state index contributed by atoms with van der Waals surface area (Å²) < 4.78 is 70.2. The Morgan fingerprint density at radius 2 is 1.38 bits per heavy atom. The molecule has 0 spiro atoms. The van der Waals surface area contributed by atoms with Crippen molar-refractivity contribution in [3.63, 3.8) is 0 Å². The van der Waals surface area contributed by atoms with Crippen LogP contribution in [0, 0.1) is 29.2 Å². The van der Waals surface area contributed by atoms with Gasteiger partial charge in [-0.3, -0.25) is 0 Å². The Hall–Kier alpha value is -3.28. The van der Waals surface area contributed by atoms with Crippen molar-refractivity contribution >= 4 is 6.08 Å². The Morgan fingerprint density at radius 3 is 2.05 bits per heavy atom. The van der Waals surface area contributed by atoms with Gasteiger partial charge in [-0.05, 0) is 85.8 Å². The van der Waals surface area contributed by atoms with Gasteiger partial charge in [-0.2, -0.15) is 4.39 Å². The van der Waals surface area contributed by atoms with E-state index < -0.39 is 23.3 Å². The highest BCUT2D eigenvalue weighted by atomic mass is 19.2. The molecule has 0 amide bonds. The van der Waals surface area contributed by atoms with Crippen LogP contribution in [0.25, 0.3) is 17.2 Å². The number of allylic oxidation sites excluding steroid dienone is 1. The van der Waals surface area contributed by atoms with Gasteiger partial charge in [0.15, 0.2) is 23.2 Å². The quantitative estimate of drug-likeness (QED) is 0.164. The molecule has 0 unspecified atom stereocenters.